The monoisotopic (exact) mass is 270 g/mol. The average Bonchev–Trinajstić information content (AvgIpc) is 2.76. The molecule has 6 heteroatoms. The maximum absolute atomic E-state index is 12.8. The number of hydrogen-bond acceptors (Lipinski definition) is 3. The molecule has 4 nitrogen and oxygen atoms in total. The van der Waals surface area contributed by atoms with E-state index >= 15 is 0 Å². The number of carboxylic acid groups (broad SMARTS) is 1. The van der Waals surface area contributed by atoms with Gasteiger partial charge >= 0.3 is 5.97 Å². The third-order valence-corrected chi connectivity index (χ3v) is 2.51. The number of halogens is 2. The lowest BCUT2D eigenvalue weighted by Crippen LogP contribution is -2.02. The minimum atomic E-state index is -1.18. The van der Waals surface area contributed by atoms with Gasteiger partial charge in [-0.1, -0.05) is 11.6 Å². The molecule has 0 spiro atoms. The zero-order valence-electron chi connectivity index (χ0n) is 9.02. The lowest BCUT2D eigenvalue weighted by Gasteiger charge is -2.07. The van der Waals surface area contributed by atoms with Crippen LogP contribution in [0.5, 0.6) is 5.75 Å². The highest BCUT2D eigenvalue weighted by Gasteiger charge is 2.14. The van der Waals surface area contributed by atoms with E-state index in [0.717, 1.165) is 6.07 Å². The number of hydrogen-bond donors (Lipinski definition) is 1. The quantitative estimate of drug-likeness (QED) is 0.925. The van der Waals surface area contributed by atoms with Gasteiger partial charge in [0.15, 0.2) is 0 Å². The fraction of sp³-hybridized carbons (Fsp3) is 0.0833. The molecule has 18 heavy (non-hydrogen) atoms. The van der Waals surface area contributed by atoms with Gasteiger partial charge in [-0.05, 0) is 24.3 Å². The highest BCUT2D eigenvalue weighted by molar-refractivity contribution is 6.32. The van der Waals surface area contributed by atoms with Gasteiger partial charge in [0.25, 0.3) is 0 Å². The summed E-state index contributed by atoms with van der Waals surface area (Å²) in [5, 5.41) is 8.94. The Morgan fingerprint density at radius 2 is 2.22 bits per heavy atom. The van der Waals surface area contributed by atoms with E-state index in [-0.39, 0.29) is 23.1 Å². The fourth-order valence-corrected chi connectivity index (χ4v) is 1.61. The van der Waals surface area contributed by atoms with Crippen molar-refractivity contribution < 1.29 is 23.4 Å². The second-order valence-corrected chi connectivity index (χ2v) is 3.85. The molecule has 2 rings (SSSR count). The molecule has 0 bridgehead atoms. The van der Waals surface area contributed by atoms with Crippen molar-refractivity contribution in [2.45, 2.75) is 6.61 Å². The van der Waals surface area contributed by atoms with Crippen LogP contribution >= 0.6 is 11.6 Å². The molecule has 1 aromatic carbocycles. The van der Waals surface area contributed by atoms with Crippen LogP contribution in [0.3, 0.4) is 0 Å². The summed E-state index contributed by atoms with van der Waals surface area (Å²) in [6.07, 6.45) is 1.26. The Labute approximate surface area is 107 Å². The predicted molar refractivity (Wildman–Crippen MR) is 61.4 cm³/mol. The maximum atomic E-state index is 12.8. The minimum Gasteiger partial charge on any atom is -0.487 e. The molecule has 0 unspecified atom stereocenters. The molecular formula is C12H8ClFO4. The van der Waals surface area contributed by atoms with Crippen molar-refractivity contribution in [3.8, 4) is 5.75 Å². The molecule has 0 amide bonds. The zero-order chi connectivity index (χ0) is 13.1. The molecule has 0 radical (unpaired) electrons. The maximum Gasteiger partial charge on any atom is 0.372 e. The highest BCUT2D eigenvalue weighted by atomic mass is 35.5. The normalized spacial score (nSPS) is 10.3. The first-order valence-electron chi connectivity index (χ1n) is 4.95. The van der Waals surface area contributed by atoms with Gasteiger partial charge in [-0.25, -0.2) is 9.18 Å². The molecule has 0 saturated carbocycles. The Morgan fingerprint density at radius 1 is 1.44 bits per heavy atom. The summed E-state index contributed by atoms with van der Waals surface area (Å²) in [6.45, 7) is -0.0243. The number of rotatable bonds is 4. The van der Waals surface area contributed by atoms with Crippen LogP contribution in [0.15, 0.2) is 34.9 Å². The molecule has 0 aliphatic carbocycles. The highest BCUT2D eigenvalue weighted by Crippen LogP contribution is 2.26. The van der Waals surface area contributed by atoms with Crippen LogP contribution < -0.4 is 4.74 Å². The SMILES string of the molecule is O=C(O)c1occc1COc1ccc(F)cc1Cl. The van der Waals surface area contributed by atoms with Crippen molar-refractivity contribution in [1.29, 1.82) is 0 Å². The molecule has 0 aliphatic heterocycles. The van der Waals surface area contributed by atoms with Gasteiger partial charge in [0, 0.05) is 5.56 Å². The second-order valence-electron chi connectivity index (χ2n) is 3.44. The summed E-state index contributed by atoms with van der Waals surface area (Å²) in [5.74, 6) is -1.56. The van der Waals surface area contributed by atoms with Gasteiger partial charge in [-0.3, -0.25) is 0 Å². The Balaban J connectivity index is 2.11. The molecule has 1 heterocycles. The first-order chi connectivity index (χ1) is 8.58. The lowest BCUT2D eigenvalue weighted by molar-refractivity contribution is 0.0658. The van der Waals surface area contributed by atoms with Crippen molar-refractivity contribution in [3.05, 3.63) is 52.7 Å². The first-order valence-corrected chi connectivity index (χ1v) is 5.33. The van der Waals surface area contributed by atoms with Crippen LogP contribution in [0.2, 0.25) is 5.02 Å². The van der Waals surface area contributed by atoms with Gasteiger partial charge in [0.1, 0.15) is 18.2 Å². The van der Waals surface area contributed by atoms with Crippen molar-refractivity contribution in [2.24, 2.45) is 0 Å². The van der Waals surface area contributed by atoms with E-state index in [4.69, 9.17) is 25.9 Å². The standard InChI is InChI=1S/C12H8ClFO4/c13-9-5-8(14)1-2-10(9)18-6-7-3-4-17-11(7)12(15)16/h1-5H,6H2,(H,15,16). The summed E-state index contributed by atoms with van der Waals surface area (Å²) in [5.41, 5.74) is 0.378. The van der Waals surface area contributed by atoms with Crippen molar-refractivity contribution >= 4 is 17.6 Å². The third kappa shape index (κ3) is 2.62. The number of benzene rings is 1. The third-order valence-electron chi connectivity index (χ3n) is 2.22. The van der Waals surface area contributed by atoms with Crippen LogP contribution in [0.1, 0.15) is 16.1 Å². The Kier molecular flexibility index (Phi) is 3.53. The second kappa shape index (κ2) is 5.10. The summed E-state index contributed by atoms with van der Waals surface area (Å²) in [6, 6.07) is 5.18. The van der Waals surface area contributed by atoms with Crippen molar-refractivity contribution in [1.82, 2.24) is 0 Å². The number of carboxylic acids is 1. The number of ether oxygens (including phenoxy) is 1. The Bertz CT molecular complexity index is 579. The van der Waals surface area contributed by atoms with Crippen LogP contribution in [0.4, 0.5) is 4.39 Å². The molecule has 94 valence electrons. The topological polar surface area (TPSA) is 59.7 Å². The summed E-state index contributed by atoms with van der Waals surface area (Å²) < 4.78 is 22.9. The largest absolute Gasteiger partial charge is 0.487 e. The number of aromatic carboxylic acids is 1. The van der Waals surface area contributed by atoms with E-state index in [2.05, 4.69) is 0 Å². The van der Waals surface area contributed by atoms with E-state index in [1.807, 2.05) is 0 Å². The van der Waals surface area contributed by atoms with Gasteiger partial charge in [-0.2, -0.15) is 0 Å². The fourth-order valence-electron chi connectivity index (χ4n) is 1.38. The Morgan fingerprint density at radius 3 is 2.89 bits per heavy atom. The van der Waals surface area contributed by atoms with E-state index in [1.54, 1.807) is 0 Å². The van der Waals surface area contributed by atoms with Crippen molar-refractivity contribution in [2.75, 3.05) is 0 Å². The summed E-state index contributed by atoms with van der Waals surface area (Å²) in [4.78, 5) is 10.8. The molecular weight excluding hydrogens is 263 g/mol. The van der Waals surface area contributed by atoms with Crippen LogP contribution in [0, 0.1) is 5.82 Å². The number of furan rings is 1. The molecule has 0 saturated heterocycles. The van der Waals surface area contributed by atoms with Gasteiger partial charge in [0.2, 0.25) is 5.76 Å². The van der Waals surface area contributed by atoms with Crippen LogP contribution in [-0.2, 0) is 6.61 Å². The van der Waals surface area contributed by atoms with E-state index in [0.29, 0.717) is 5.56 Å². The van der Waals surface area contributed by atoms with Gasteiger partial charge in [0.05, 0.1) is 11.3 Å². The Hall–Kier alpha value is -2.01. The average molecular weight is 271 g/mol. The van der Waals surface area contributed by atoms with Gasteiger partial charge in [-0.15, -0.1) is 0 Å². The molecule has 0 aliphatic rings. The smallest absolute Gasteiger partial charge is 0.372 e. The molecule has 0 fully saturated rings. The molecule has 2 aromatic rings. The van der Waals surface area contributed by atoms with E-state index < -0.39 is 11.8 Å². The zero-order valence-corrected chi connectivity index (χ0v) is 9.78. The molecule has 1 N–H and O–H groups in total. The minimum absolute atomic E-state index is 0.0243. The van der Waals surface area contributed by atoms with E-state index in [9.17, 15) is 9.18 Å². The lowest BCUT2D eigenvalue weighted by atomic mass is 10.2. The first kappa shape index (κ1) is 12.4. The van der Waals surface area contributed by atoms with Crippen LogP contribution in [0.25, 0.3) is 0 Å². The summed E-state index contributed by atoms with van der Waals surface area (Å²) in [7, 11) is 0. The summed E-state index contributed by atoms with van der Waals surface area (Å²) >= 11 is 5.77. The predicted octanol–water partition coefficient (Wildman–Crippen LogP) is 3.35. The van der Waals surface area contributed by atoms with Crippen molar-refractivity contribution in [3.63, 3.8) is 0 Å². The molecule has 0 atom stereocenters. The molecule has 1 aromatic heterocycles. The number of carbonyl (C=O) groups is 1. The van der Waals surface area contributed by atoms with Crippen LogP contribution in [-0.4, -0.2) is 11.1 Å². The van der Waals surface area contributed by atoms with E-state index in [1.165, 1.54) is 24.5 Å². The van der Waals surface area contributed by atoms with Gasteiger partial charge < -0.3 is 14.3 Å².